The van der Waals surface area contributed by atoms with Crippen LogP contribution in [0.5, 0.6) is 0 Å². The van der Waals surface area contributed by atoms with Gasteiger partial charge in [0, 0.05) is 4.70 Å². The molecule has 0 aliphatic rings. The van der Waals surface area contributed by atoms with E-state index in [0.717, 1.165) is 10.1 Å². The lowest BCUT2D eigenvalue weighted by molar-refractivity contribution is 0.623. The Morgan fingerprint density at radius 3 is 3.00 bits per heavy atom. The van der Waals surface area contributed by atoms with Gasteiger partial charge in [-0.05, 0) is 44.9 Å². The minimum atomic E-state index is -0.198. The summed E-state index contributed by atoms with van der Waals surface area (Å²) in [5.41, 5.74) is 0. The Balaban J connectivity index is 2.86. The van der Waals surface area contributed by atoms with Crippen LogP contribution in [0.25, 0.3) is 10.1 Å². The van der Waals surface area contributed by atoms with E-state index in [9.17, 15) is 4.39 Å². The van der Waals surface area contributed by atoms with E-state index in [1.54, 1.807) is 17.4 Å². The molecule has 0 aliphatic carbocycles. The largest absolute Gasteiger partial charge is 0.206 e. The first-order chi connectivity index (χ1) is 5.27. The third kappa shape index (κ3) is 1.19. The quantitative estimate of drug-likeness (QED) is 0.646. The van der Waals surface area contributed by atoms with Crippen LogP contribution in [0.15, 0.2) is 28.1 Å². The van der Waals surface area contributed by atoms with E-state index in [1.807, 2.05) is 11.4 Å². The SMILES string of the molecule is Fc1cc2ccsc2cc1Br. The zero-order valence-corrected chi connectivity index (χ0v) is 7.88. The summed E-state index contributed by atoms with van der Waals surface area (Å²) in [6.07, 6.45) is 0. The van der Waals surface area contributed by atoms with Gasteiger partial charge in [-0.3, -0.25) is 0 Å². The highest BCUT2D eigenvalue weighted by Crippen LogP contribution is 2.26. The summed E-state index contributed by atoms with van der Waals surface area (Å²) in [7, 11) is 0. The zero-order chi connectivity index (χ0) is 7.84. The maximum absolute atomic E-state index is 12.9. The van der Waals surface area contributed by atoms with Crippen molar-refractivity contribution in [3.05, 3.63) is 33.9 Å². The van der Waals surface area contributed by atoms with Gasteiger partial charge in [-0.15, -0.1) is 11.3 Å². The summed E-state index contributed by atoms with van der Waals surface area (Å²) in [5, 5.41) is 2.92. The molecule has 0 atom stereocenters. The monoisotopic (exact) mass is 230 g/mol. The smallest absolute Gasteiger partial charge is 0.138 e. The van der Waals surface area contributed by atoms with Crippen molar-refractivity contribution in [1.82, 2.24) is 0 Å². The second-order valence-electron chi connectivity index (χ2n) is 2.22. The molecular formula is C8H4BrFS. The lowest BCUT2D eigenvalue weighted by Crippen LogP contribution is -1.73. The van der Waals surface area contributed by atoms with E-state index in [0.29, 0.717) is 4.47 Å². The Morgan fingerprint density at radius 2 is 2.18 bits per heavy atom. The molecule has 0 N–H and O–H groups in total. The van der Waals surface area contributed by atoms with E-state index in [2.05, 4.69) is 15.9 Å². The summed E-state index contributed by atoms with van der Waals surface area (Å²) in [5.74, 6) is -0.198. The average molecular weight is 231 g/mol. The van der Waals surface area contributed by atoms with E-state index in [1.165, 1.54) is 6.07 Å². The van der Waals surface area contributed by atoms with Crippen molar-refractivity contribution in [3.8, 4) is 0 Å². The highest BCUT2D eigenvalue weighted by molar-refractivity contribution is 9.10. The minimum Gasteiger partial charge on any atom is -0.206 e. The molecule has 2 rings (SSSR count). The van der Waals surface area contributed by atoms with Crippen LogP contribution in [-0.4, -0.2) is 0 Å². The van der Waals surface area contributed by atoms with Crippen molar-refractivity contribution in [2.45, 2.75) is 0 Å². The Bertz CT molecular complexity index is 358. The van der Waals surface area contributed by atoms with Gasteiger partial charge in [-0.2, -0.15) is 0 Å². The van der Waals surface area contributed by atoms with Gasteiger partial charge in [0.1, 0.15) is 5.82 Å². The van der Waals surface area contributed by atoms with Gasteiger partial charge in [0.05, 0.1) is 4.47 Å². The molecule has 0 saturated carbocycles. The molecule has 0 spiro atoms. The topological polar surface area (TPSA) is 0 Å². The molecule has 2 aromatic rings. The van der Waals surface area contributed by atoms with Gasteiger partial charge in [0.2, 0.25) is 0 Å². The van der Waals surface area contributed by atoms with Crippen molar-refractivity contribution < 1.29 is 4.39 Å². The van der Waals surface area contributed by atoms with E-state index >= 15 is 0 Å². The fourth-order valence-corrected chi connectivity index (χ4v) is 2.26. The molecule has 1 heterocycles. The summed E-state index contributed by atoms with van der Waals surface area (Å²) >= 11 is 4.75. The maximum Gasteiger partial charge on any atom is 0.138 e. The molecule has 0 nitrogen and oxygen atoms in total. The van der Waals surface area contributed by atoms with Crippen LogP contribution < -0.4 is 0 Å². The molecule has 56 valence electrons. The van der Waals surface area contributed by atoms with Crippen LogP contribution in [0, 0.1) is 5.82 Å². The average Bonchev–Trinajstić information content (AvgIpc) is 2.36. The Morgan fingerprint density at radius 1 is 1.36 bits per heavy atom. The highest BCUT2D eigenvalue weighted by Gasteiger charge is 2.01. The number of halogens is 2. The van der Waals surface area contributed by atoms with Crippen LogP contribution in [0.2, 0.25) is 0 Å². The molecule has 0 amide bonds. The van der Waals surface area contributed by atoms with Crippen molar-refractivity contribution in [2.75, 3.05) is 0 Å². The molecule has 0 bridgehead atoms. The highest BCUT2D eigenvalue weighted by atomic mass is 79.9. The third-order valence-electron chi connectivity index (χ3n) is 1.50. The predicted molar refractivity (Wildman–Crippen MR) is 49.5 cm³/mol. The van der Waals surface area contributed by atoms with Gasteiger partial charge >= 0.3 is 0 Å². The number of fused-ring (bicyclic) bond motifs is 1. The Labute approximate surface area is 75.8 Å². The standard InChI is InChI=1S/C8H4BrFS/c9-6-4-8-5(1-2-11-8)3-7(6)10/h1-4H. The Hall–Kier alpha value is -0.410. The molecule has 1 aromatic carbocycles. The first-order valence-electron chi connectivity index (χ1n) is 3.09. The van der Waals surface area contributed by atoms with E-state index in [-0.39, 0.29) is 5.82 Å². The number of benzene rings is 1. The summed E-state index contributed by atoms with van der Waals surface area (Å²) in [6, 6.07) is 5.25. The van der Waals surface area contributed by atoms with Crippen molar-refractivity contribution in [2.24, 2.45) is 0 Å². The fraction of sp³-hybridized carbons (Fsp3) is 0. The third-order valence-corrected chi connectivity index (χ3v) is 2.98. The van der Waals surface area contributed by atoms with Crippen LogP contribution in [0.4, 0.5) is 4.39 Å². The van der Waals surface area contributed by atoms with Crippen LogP contribution >= 0.6 is 27.3 Å². The summed E-state index contributed by atoms with van der Waals surface area (Å²) in [6.45, 7) is 0. The van der Waals surface area contributed by atoms with Crippen molar-refractivity contribution >= 4 is 37.4 Å². The lowest BCUT2D eigenvalue weighted by Gasteiger charge is -1.92. The molecular weight excluding hydrogens is 227 g/mol. The Kier molecular flexibility index (Phi) is 1.69. The molecule has 3 heteroatoms. The molecule has 0 aliphatic heterocycles. The zero-order valence-electron chi connectivity index (χ0n) is 5.47. The molecule has 0 radical (unpaired) electrons. The second-order valence-corrected chi connectivity index (χ2v) is 4.03. The predicted octanol–water partition coefficient (Wildman–Crippen LogP) is 3.80. The normalized spacial score (nSPS) is 10.7. The number of hydrogen-bond donors (Lipinski definition) is 0. The van der Waals surface area contributed by atoms with E-state index in [4.69, 9.17) is 0 Å². The van der Waals surface area contributed by atoms with Crippen LogP contribution in [0.3, 0.4) is 0 Å². The molecule has 0 saturated heterocycles. The fourth-order valence-electron chi connectivity index (χ4n) is 0.957. The molecule has 11 heavy (non-hydrogen) atoms. The first-order valence-corrected chi connectivity index (χ1v) is 4.77. The molecule has 0 unspecified atom stereocenters. The second kappa shape index (κ2) is 2.57. The van der Waals surface area contributed by atoms with E-state index < -0.39 is 0 Å². The minimum absolute atomic E-state index is 0.198. The van der Waals surface area contributed by atoms with Gasteiger partial charge < -0.3 is 0 Å². The molecule has 0 fully saturated rings. The van der Waals surface area contributed by atoms with Crippen LogP contribution in [0.1, 0.15) is 0 Å². The first kappa shape index (κ1) is 7.25. The lowest BCUT2D eigenvalue weighted by atomic mass is 10.3. The number of thiophene rings is 1. The summed E-state index contributed by atoms with van der Waals surface area (Å²) < 4.78 is 14.5. The van der Waals surface area contributed by atoms with Gasteiger partial charge in [-0.25, -0.2) is 4.39 Å². The van der Waals surface area contributed by atoms with Gasteiger partial charge in [0.15, 0.2) is 0 Å². The van der Waals surface area contributed by atoms with Gasteiger partial charge in [0.25, 0.3) is 0 Å². The summed E-state index contributed by atoms with van der Waals surface area (Å²) in [4.78, 5) is 0. The number of rotatable bonds is 0. The number of hydrogen-bond acceptors (Lipinski definition) is 1. The molecule has 1 aromatic heterocycles. The van der Waals surface area contributed by atoms with Gasteiger partial charge in [-0.1, -0.05) is 0 Å². The maximum atomic E-state index is 12.9. The van der Waals surface area contributed by atoms with Crippen molar-refractivity contribution in [1.29, 1.82) is 0 Å². The van der Waals surface area contributed by atoms with Crippen molar-refractivity contribution in [3.63, 3.8) is 0 Å². The van der Waals surface area contributed by atoms with Crippen LogP contribution in [-0.2, 0) is 0 Å².